The molecular weight excluding hydrogens is 436 g/mol. The van der Waals surface area contributed by atoms with Gasteiger partial charge in [0.25, 0.3) is 5.69 Å². The van der Waals surface area contributed by atoms with Gasteiger partial charge in [-0.25, -0.2) is 4.98 Å². The minimum absolute atomic E-state index is 0.00324. The molecule has 1 atom stereocenters. The highest BCUT2D eigenvalue weighted by atomic mass is 16.6. The summed E-state index contributed by atoms with van der Waals surface area (Å²) in [5.41, 5.74) is 1.82. The van der Waals surface area contributed by atoms with Crippen molar-refractivity contribution in [2.75, 3.05) is 25.6 Å². The Hall–Kier alpha value is -3.98. The molecule has 1 aliphatic heterocycles. The van der Waals surface area contributed by atoms with Crippen LogP contribution in [0.25, 0.3) is 0 Å². The first-order valence-electron chi connectivity index (χ1n) is 11.1. The van der Waals surface area contributed by atoms with Crippen molar-refractivity contribution in [1.82, 2.24) is 9.88 Å². The summed E-state index contributed by atoms with van der Waals surface area (Å²) in [6, 6.07) is 18.1. The van der Waals surface area contributed by atoms with E-state index in [1.165, 1.54) is 12.3 Å². The standard InChI is InChI=1S/C23H22N4O5.C2H6/c1-26-19(14-31-15-23(26)28)12-16-2-7-20(8-3-16)32-21-9-4-17(5-10-21)25-22-11-6-18(13-24-22)27(29)30;1-2/h2-11,13,19H,12,14-15H2,1H3,(H,24,25);1-2H3. The number of hydrogen-bond donors (Lipinski definition) is 1. The van der Waals surface area contributed by atoms with Crippen molar-refractivity contribution in [3.05, 3.63) is 82.5 Å². The predicted octanol–water partition coefficient (Wildman–Crippen LogP) is 4.95. The summed E-state index contributed by atoms with van der Waals surface area (Å²) in [4.78, 5) is 27.8. The predicted molar refractivity (Wildman–Crippen MR) is 130 cm³/mol. The van der Waals surface area contributed by atoms with E-state index in [9.17, 15) is 14.9 Å². The van der Waals surface area contributed by atoms with Gasteiger partial charge in [-0.3, -0.25) is 14.9 Å². The van der Waals surface area contributed by atoms with Gasteiger partial charge < -0.3 is 19.7 Å². The summed E-state index contributed by atoms with van der Waals surface area (Å²) in [5.74, 6) is 1.89. The smallest absolute Gasteiger partial charge is 0.287 e. The van der Waals surface area contributed by atoms with E-state index in [1.807, 2.05) is 69.4 Å². The van der Waals surface area contributed by atoms with Gasteiger partial charge in [-0.2, -0.15) is 0 Å². The third kappa shape index (κ3) is 6.52. The quantitative estimate of drug-likeness (QED) is 0.389. The molecule has 1 saturated heterocycles. The molecular formula is C25H28N4O5. The van der Waals surface area contributed by atoms with Crippen LogP contribution in [0.1, 0.15) is 19.4 Å². The molecule has 1 aliphatic rings. The molecule has 9 heteroatoms. The fourth-order valence-corrected chi connectivity index (χ4v) is 3.32. The maximum absolute atomic E-state index is 11.8. The number of rotatable bonds is 7. The van der Waals surface area contributed by atoms with Gasteiger partial charge in [0, 0.05) is 18.8 Å². The number of morpholine rings is 1. The zero-order valence-electron chi connectivity index (χ0n) is 19.4. The molecule has 0 bridgehead atoms. The maximum Gasteiger partial charge on any atom is 0.287 e. The van der Waals surface area contributed by atoms with E-state index in [0.29, 0.717) is 23.9 Å². The molecule has 0 spiro atoms. The number of carbonyl (C=O) groups excluding carboxylic acids is 1. The molecule has 0 aliphatic carbocycles. The number of ether oxygens (including phenoxy) is 2. The van der Waals surface area contributed by atoms with E-state index in [4.69, 9.17) is 9.47 Å². The minimum atomic E-state index is -0.487. The number of aromatic nitrogens is 1. The van der Waals surface area contributed by atoms with Crippen LogP contribution in [-0.2, 0) is 16.0 Å². The molecule has 0 radical (unpaired) electrons. The van der Waals surface area contributed by atoms with E-state index in [0.717, 1.165) is 17.7 Å². The average molecular weight is 465 g/mol. The van der Waals surface area contributed by atoms with E-state index in [-0.39, 0.29) is 24.2 Å². The van der Waals surface area contributed by atoms with E-state index in [1.54, 1.807) is 11.0 Å². The summed E-state index contributed by atoms with van der Waals surface area (Å²) in [5, 5.41) is 13.8. The molecule has 4 rings (SSSR count). The number of amides is 1. The summed E-state index contributed by atoms with van der Waals surface area (Å²) >= 11 is 0. The lowest BCUT2D eigenvalue weighted by Crippen LogP contribution is -2.47. The van der Waals surface area contributed by atoms with Gasteiger partial charge in [-0.15, -0.1) is 0 Å². The van der Waals surface area contributed by atoms with Gasteiger partial charge in [0.1, 0.15) is 30.1 Å². The second-order valence-corrected chi connectivity index (χ2v) is 7.43. The van der Waals surface area contributed by atoms with Crippen LogP contribution < -0.4 is 10.1 Å². The Morgan fingerprint density at radius 3 is 2.32 bits per heavy atom. The van der Waals surface area contributed by atoms with Crippen LogP contribution >= 0.6 is 0 Å². The van der Waals surface area contributed by atoms with E-state index in [2.05, 4.69) is 10.3 Å². The molecule has 0 saturated carbocycles. The van der Waals surface area contributed by atoms with Crippen molar-refractivity contribution in [3.63, 3.8) is 0 Å². The fraction of sp³-hybridized carbons (Fsp3) is 0.280. The Morgan fingerprint density at radius 2 is 1.74 bits per heavy atom. The van der Waals surface area contributed by atoms with E-state index >= 15 is 0 Å². The van der Waals surface area contributed by atoms with Crippen LogP contribution in [0.15, 0.2) is 66.9 Å². The zero-order chi connectivity index (χ0) is 24.5. The number of carbonyl (C=O) groups is 1. The average Bonchev–Trinajstić information content (AvgIpc) is 2.86. The maximum atomic E-state index is 11.8. The highest BCUT2D eigenvalue weighted by Gasteiger charge is 2.25. The molecule has 2 heterocycles. The topological polar surface area (TPSA) is 107 Å². The third-order valence-corrected chi connectivity index (χ3v) is 5.19. The number of benzene rings is 2. The summed E-state index contributed by atoms with van der Waals surface area (Å²) in [7, 11) is 1.81. The molecule has 1 aromatic heterocycles. The Bertz CT molecular complexity index is 1090. The lowest BCUT2D eigenvalue weighted by molar-refractivity contribution is -0.385. The lowest BCUT2D eigenvalue weighted by atomic mass is 10.0. The molecule has 1 fully saturated rings. The van der Waals surface area contributed by atoms with Crippen LogP contribution in [0.2, 0.25) is 0 Å². The SMILES string of the molecule is CC.CN1C(=O)COCC1Cc1ccc(Oc2ccc(Nc3ccc([N+](=O)[O-])cn3)cc2)cc1. The monoisotopic (exact) mass is 464 g/mol. The molecule has 3 aromatic rings. The third-order valence-electron chi connectivity index (χ3n) is 5.19. The number of anilines is 2. The summed E-state index contributed by atoms with van der Waals surface area (Å²) in [6.07, 6.45) is 1.93. The highest BCUT2D eigenvalue weighted by molar-refractivity contribution is 5.78. The summed E-state index contributed by atoms with van der Waals surface area (Å²) in [6.45, 7) is 4.69. The second kappa shape index (κ2) is 11.8. The Morgan fingerprint density at radius 1 is 1.09 bits per heavy atom. The van der Waals surface area contributed by atoms with Crippen molar-refractivity contribution in [1.29, 1.82) is 0 Å². The Labute approximate surface area is 198 Å². The Kier molecular flexibility index (Phi) is 8.53. The van der Waals surface area contributed by atoms with Gasteiger partial charge in [-0.1, -0.05) is 26.0 Å². The number of nitrogens with zero attached hydrogens (tertiary/aromatic N) is 3. The van der Waals surface area contributed by atoms with Crippen molar-refractivity contribution in [3.8, 4) is 11.5 Å². The Balaban J connectivity index is 0.00000158. The first-order chi connectivity index (χ1) is 16.5. The molecule has 9 nitrogen and oxygen atoms in total. The first kappa shape index (κ1) is 24.7. The number of likely N-dealkylation sites (N-methyl/N-ethyl adjacent to an activating group) is 1. The van der Waals surface area contributed by atoms with Crippen molar-refractivity contribution in [2.45, 2.75) is 26.3 Å². The van der Waals surface area contributed by atoms with Crippen LogP contribution in [0.3, 0.4) is 0 Å². The molecule has 1 unspecified atom stereocenters. The van der Waals surface area contributed by atoms with Crippen LogP contribution in [0.4, 0.5) is 17.2 Å². The van der Waals surface area contributed by atoms with E-state index < -0.39 is 4.92 Å². The number of hydrogen-bond acceptors (Lipinski definition) is 7. The van der Waals surface area contributed by atoms with Gasteiger partial charge in [0.15, 0.2) is 0 Å². The highest BCUT2D eigenvalue weighted by Crippen LogP contribution is 2.25. The van der Waals surface area contributed by atoms with Crippen LogP contribution in [0.5, 0.6) is 11.5 Å². The molecule has 1 amide bonds. The minimum Gasteiger partial charge on any atom is -0.457 e. The summed E-state index contributed by atoms with van der Waals surface area (Å²) < 4.78 is 11.3. The second-order valence-electron chi connectivity index (χ2n) is 7.43. The van der Waals surface area contributed by atoms with Crippen molar-refractivity contribution >= 4 is 23.1 Å². The van der Waals surface area contributed by atoms with Gasteiger partial charge in [0.05, 0.1) is 17.6 Å². The first-order valence-corrected chi connectivity index (χ1v) is 11.1. The van der Waals surface area contributed by atoms with Crippen molar-refractivity contribution < 1.29 is 19.2 Å². The molecule has 178 valence electrons. The molecule has 34 heavy (non-hydrogen) atoms. The van der Waals surface area contributed by atoms with Gasteiger partial charge in [-0.05, 0) is 54.4 Å². The normalized spacial score (nSPS) is 15.2. The molecule has 1 N–H and O–H groups in total. The zero-order valence-corrected chi connectivity index (χ0v) is 19.4. The number of nitro groups is 1. The van der Waals surface area contributed by atoms with Gasteiger partial charge in [0.2, 0.25) is 5.91 Å². The van der Waals surface area contributed by atoms with Crippen molar-refractivity contribution in [2.24, 2.45) is 0 Å². The van der Waals surface area contributed by atoms with Crippen LogP contribution in [0, 0.1) is 10.1 Å². The lowest BCUT2D eigenvalue weighted by Gasteiger charge is -2.32. The largest absolute Gasteiger partial charge is 0.457 e. The number of nitrogens with one attached hydrogen (secondary N) is 1. The molecule has 2 aromatic carbocycles. The van der Waals surface area contributed by atoms with Crippen LogP contribution in [-0.4, -0.2) is 47.0 Å². The number of pyridine rings is 1. The van der Waals surface area contributed by atoms with Gasteiger partial charge >= 0.3 is 0 Å². The fourth-order valence-electron chi connectivity index (χ4n) is 3.32.